The Balaban J connectivity index is 1.89. The van der Waals surface area contributed by atoms with Gasteiger partial charge in [0.15, 0.2) is 23.0 Å². The zero-order chi connectivity index (χ0) is 18.4. The predicted octanol–water partition coefficient (Wildman–Crippen LogP) is 2.62. The summed E-state index contributed by atoms with van der Waals surface area (Å²) in [6, 6.07) is 7.09. The average molecular weight is 360 g/mol. The molecule has 2 N–H and O–H groups in total. The first-order chi connectivity index (χ1) is 12.5. The fraction of sp³-hybridized carbons (Fsp3) is 0.368. The summed E-state index contributed by atoms with van der Waals surface area (Å²) >= 11 is 0. The summed E-state index contributed by atoms with van der Waals surface area (Å²) in [5.41, 5.74) is 1.69. The Kier molecular flexibility index (Phi) is 3.96. The van der Waals surface area contributed by atoms with E-state index in [2.05, 4.69) is 0 Å². The molecule has 0 radical (unpaired) electrons. The standard InChI is InChI=1S/C19H20O7/c1-9-17(10-4-15(22-2)18(20)16(5-10)23-3)11-6-13-14(25-8-24-13)7-12(11)26-19(9)21/h4-7,9,17,19-21H,8H2,1-3H3/t9-,17+,19+/m1/s1. The summed E-state index contributed by atoms with van der Waals surface area (Å²) in [6.07, 6.45) is -0.987. The molecule has 0 saturated carbocycles. The number of ether oxygens (including phenoxy) is 5. The predicted molar refractivity (Wildman–Crippen MR) is 91.4 cm³/mol. The molecule has 2 aromatic carbocycles. The lowest BCUT2D eigenvalue weighted by Gasteiger charge is -2.35. The normalized spacial score (nSPS) is 23.2. The quantitative estimate of drug-likeness (QED) is 0.870. The molecule has 2 heterocycles. The van der Waals surface area contributed by atoms with Crippen molar-refractivity contribution in [2.45, 2.75) is 19.1 Å². The van der Waals surface area contributed by atoms with E-state index in [9.17, 15) is 10.2 Å². The maximum atomic E-state index is 10.4. The summed E-state index contributed by atoms with van der Waals surface area (Å²) in [5.74, 6) is 1.84. The van der Waals surface area contributed by atoms with Crippen LogP contribution in [0.2, 0.25) is 0 Å². The number of phenols is 1. The summed E-state index contributed by atoms with van der Waals surface area (Å²) in [7, 11) is 2.96. The fourth-order valence-corrected chi connectivity index (χ4v) is 3.55. The second kappa shape index (κ2) is 6.17. The molecule has 0 saturated heterocycles. The molecule has 0 aromatic heterocycles. The zero-order valence-corrected chi connectivity index (χ0v) is 14.7. The van der Waals surface area contributed by atoms with Gasteiger partial charge < -0.3 is 33.9 Å². The largest absolute Gasteiger partial charge is 0.502 e. The third-order valence-corrected chi connectivity index (χ3v) is 4.92. The number of aliphatic hydroxyl groups is 1. The molecular formula is C19H20O7. The SMILES string of the molecule is COc1cc([C@H]2c3cc4c(cc3O[C@H](O)[C@@H]2C)OCO4)cc(OC)c1O. The molecule has 2 aliphatic rings. The van der Waals surface area contributed by atoms with Crippen LogP contribution in [-0.2, 0) is 0 Å². The Morgan fingerprint density at radius 2 is 1.58 bits per heavy atom. The van der Waals surface area contributed by atoms with Gasteiger partial charge in [-0.2, -0.15) is 0 Å². The summed E-state index contributed by atoms with van der Waals surface area (Å²) in [6.45, 7) is 2.05. The van der Waals surface area contributed by atoms with Gasteiger partial charge in [-0.25, -0.2) is 0 Å². The number of benzene rings is 2. The molecule has 2 aromatic rings. The van der Waals surface area contributed by atoms with Gasteiger partial charge in [0, 0.05) is 23.5 Å². The van der Waals surface area contributed by atoms with Crippen molar-refractivity contribution >= 4 is 0 Å². The van der Waals surface area contributed by atoms with Crippen molar-refractivity contribution in [1.29, 1.82) is 0 Å². The van der Waals surface area contributed by atoms with Crippen LogP contribution in [0.4, 0.5) is 0 Å². The minimum absolute atomic E-state index is 0.0649. The fourth-order valence-electron chi connectivity index (χ4n) is 3.55. The lowest BCUT2D eigenvalue weighted by atomic mass is 9.79. The monoisotopic (exact) mass is 360 g/mol. The van der Waals surface area contributed by atoms with Crippen molar-refractivity contribution < 1.29 is 33.9 Å². The van der Waals surface area contributed by atoms with Gasteiger partial charge in [0.05, 0.1) is 14.2 Å². The maximum Gasteiger partial charge on any atom is 0.231 e. The minimum atomic E-state index is -0.987. The number of aliphatic hydroxyl groups excluding tert-OH is 1. The molecule has 0 aliphatic carbocycles. The lowest BCUT2D eigenvalue weighted by molar-refractivity contribution is -0.0729. The summed E-state index contributed by atoms with van der Waals surface area (Å²) < 4.78 is 27.1. The maximum absolute atomic E-state index is 10.4. The van der Waals surface area contributed by atoms with Gasteiger partial charge in [-0.1, -0.05) is 6.92 Å². The molecular weight excluding hydrogens is 340 g/mol. The Bertz CT molecular complexity index is 823. The Hall–Kier alpha value is -2.80. The highest BCUT2D eigenvalue weighted by Crippen LogP contribution is 2.50. The minimum Gasteiger partial charge on any atom is -0.502 e. The van der Waals surface area contributed by atoms with Gasteiger partial charge in [0.2, 0.25) is 18.8 Å². The van der Waals surface area contributed by atoms with Gasteiger partial charge in [-0.05, 0) is 23.8 Å². The molecule has 0 unspecified atom stereocenters. The van der Waals surface area contributed by atoms with E-state index in [0.29, 0.717) is 28.7 Å². The number of hydrogen-bond donors (Lipinski definition) is 2. The van der Waals surface area contributed by atoms with Crippen molar-refractivity contribution in [3.8, 4) is 34.5 Å². The van der Waals surface area contributed by atoms with Crippen LogP contribution in [0.3, 0.4) is 0 Å². The van der Waals surface area contributed by atoms with E-state index in [-0.39, 0.29) is 24.4 Å². The van der Waals surface area contributed by atoms with Gasteiger partial charge in [0.1, 0.15) is 5.75 Å². The van der Waals surface area contributed by atoms with Crippen LogP contribution in [0.5, 0.6) is 34.5 Å². The highest BCUT2D eigenvalue weighted by Gasteiger charge is 2.38. The van der Waals surface area contributed by atoms with E-state index in [4.69, 9.17) is 23.7 Å². The van der Waals surface area contributed by atoms with Crippen molar-refractivity contribution in [1.82, 2.24) is 0 Å². The van der Waals surface area contributed by atoms with Crippen molar-refractivity contribution in [3.63, 3.8) is 0 Å². The van der Waals surface area contributed by atoms with E-state index < -0.39 is 6.29 Å². The number of phenolic OH excluding ortho intramolecular Hbond substituents is 1. The second-order valence-corrected chi connectivity index (χ2v) is 6.36. The van der Waals surface area contributed by atoms with Crippen LogP contribution in [-0.4, -0.2) is 37.5 Å². The first kappa shape index (κ1) is 16.7. The Morgan fingerprint density at radius 1 is 0.962 bits per heavy atom. The van der Waals surface area contributed by atoms with E-state index in [1.165, 1.54) is 14.2 Å². The molecule has 7 heteroatoms. The smallest absolute Gasteiger partial charge is 0.231 e. The summed E-state index contributed by atoms with van der Waals surface area (Å²) in [5, 5.41) is 20.6. The van der Waals surface area contributed by atoms with Gasteiger partial charge in [-0.15, -0.1) is 0 Å². The molecule has 0 fully saturated rings. The average Bonchev–Trinajstić information content (AvgIpc) is 3.09. The molecule has 2 aliphatic heterocycles. The third-order valence-electron chi connectivity index (χ3n) is 4.92. The lowest BCUT2D eigenvalue weighted by Crippen LogP contribution is -2.34. The first-order valence-corrected chi connectivity index (χ1v) is 8.26. The van der Waals surface area contributed by atoms with Gasteiger partial charge in [0.25, 0.3) is 0 Å². The highest BCUT2D eigenvalue weighted by molar-refractivity contribution is 5.59. The zero-order valence-electron chi connectivity index (χ0n) is 14.7. The molecule has 0 amide bonds. The number of fused-ring (bicyclic) bond motifs is 2. The van der Waals surface area contributed by atoms with Gasteiger partial charge >= 0.3 is 0 Å². The molecule has 138 valence electrons. The third kappa shape index (κ3) is 2.47. The van der Waals surface area contributed by atoms with E-state index in [1.54, 1.807) is 18.2 Å². The number of methoxy groups -OCH3 is 2. The summed E-state index contributed by atoms with van der Waals surface area (Å²) in [4.78, 5) is 0. The number of aromatic hydroxyl groups is 1. The van der Waals surface area contributed by atoms with Gasteiger partial charge in [-0.3, -0.25) is 0 Å². The topological polar surface area (TPSA) is 86.6 Å². The van der Waals surface area contributed by atoms with Crippen LogP contribution >= 0.6 is 0 Å². The van der Waals surface area contributed by atoms with Crippen LogP contribution in [0.25, 0.3) is 0 Å². The van der Waals surface area contributed by atoms with E-state index in [1.807, 2.05) is 13.0 Å². The Morgan fingerprint density at radius 3 is 2.19 bits per heavy atom. The van der Waals surface area contributed by atoms with E-state index in [0.717, 1.165) is 11.1 Å². The Labute approximate surface area is 150 Å². The molecule has 7 nitrogen and oxygen atoms in total. The van der Waals surface area contributed by atoms with E-state index >= 15 is 0 Å². The number of hydrogen-bond acceptors (Lipinski definition) is 7. The van der Waals surface area contributed by atoms with Crippen molar-refractivity contribution in [3.05, 3.63) is 35.4 Å². The molecule has 0 spiro atoms. The molecule has 3 atom stereocenters. The van der Waals surface area contributed by atoms with Crippen LogP contribution < -0.4 is 23.7 Å². The van der Waals surface area contributed by atoms with Crippen LogP contribution in [0, 0.1) is 5.92 Å². The molecule has 26 heavy (non-hydrogen) atoms. The number of rotatable bonds is 3. The molecule has 0 bridgehead atoms. The van der Waals surface area contributed by atoms with Crippen LogP contribution in [0.1, 0.15) is 24.0 Å². The second-order valence-electron chi connectivity index (χ2n) is 6.36. The molecule has 4 rings (SSSR count). The van der Waals surface area contributed by atoms with Crippen LogP contribution in [0.15, 0.2) is 24.3 Å². The highest BCUT2D eigenvalue weighted by atomic mass is 16.7. The van der Waals surface area contributed by atoms with Crippen molar-refractivity contribution in [2.75, 3.05) is 21.0 Å². The first-order valence-electron chi connectivity index (χ1n) is 8.26. The van der Waals surface area contributed by atoms with Crippen molar-refractivity contribution in [2.24, 2.45) is 5.92 Å².